The van der Waals surface area contributed by atoms with E-state index in [-0.39, 0.29) is 65.4 Å². The molecule has 2 aliphatic rings. The molecule has 14 heteroatoms. The number of ether oxygens (including phenoxy) is 4. The molecule has 0 aromatic heterocycles. The molecule has 2 aromatic rings. The van der Waals surface area contributed by atoms with Crippen molar-refractivity contribution < 1.29 is 57.2 Å². The first-order chi connectivity index (χ1) is 33.7. The smallest absolute Gasteiger partial charge is 0.342 e. The van der Waals surface area contributed by atoms with Crippen LogP contribution in [0.15, 0.2) is 86.0 Å². The largest absolute Gasteiger partial charge is 0.543 e. The zero-order valence-corrected chi connectivity index (χ0v) is 47.7. The van der Waals surface area contributed by atoms with E-state index in [1.54, 1.807) is 18.2 Å². The summed E-state index contributed by atoms with van der Waals surface area (Å²) in [6.07, 6.45) is 15.7. The van der Waals surface area contributed by atoms with Crippen LogP contribution in [0.3, 0.4) is 0 Å². The predicted molar refractivity (Wildman–Crippen MR) is 291 cm³/mol. The van der Waals surface area contributed by atoms with Crippen molar-refractivity contribution in [1.29, 1.82) is 0 Å². The molecular formula is C58H88O12Si2. The summed E-state index contributed by atoms with van der Waals surface area (Å²) in [5, 5.41) is 20.8. The van der Waals surface area contributed by atoms with Gasteiger partial charge >= 0.3 is 23.9 Å². The first-order valence-electron chi connectivity index (χ1n) is 26.0. The fourth-order valence-electron chi connectivity index (χ4n) is 8.03. The highest BCUT2D eigenvalue weighted by Crippen LogP contribution is 2.41. The van der Waals surface area contributed by atoms with Gasteiger partial charge in [0.25, 0.3) is 8.32 Å². The molecule has 0 bridgehead atoms. The van der Waals surface area contributed by atoms with Crippen molar-refractivity contribution in [2.45, 2.75) is 193 Å². The van der Waals surface area contributed by atoms with Gasteiger partial charge in [0.1, 0.15) is 48.0 Å². The molecule has 2 heterocycles. The van der Waals surface area contributed by atoms with Crippen LogP contribution in [0.4, 0.5) is 0 Å². The van der Waals surface area contributed by atoms with E-state index in [9.17, 15) is 29.4 Å². The molecule has 0 saturated carbocycles. The second-order valence-corrected chi connectivity index (χ2v) is 32.0. The second kappa shape index (κ2) is 28.6. The molecule has 0 unspecified atom stereocenters. The van der Waals surface area contributed by atoms with E-state index in [0.717, 1.165) is 56.1 Å². The number of phenols is 1. The van der Waals surface area contributed by atoms with Crippen LogP contribution < -0.4 is 4.43 Å². The fourth-order valence-corrected chi connectivity index (χ4v) is 10.5. The highest BCUT2D eigenvalue weighted by atomic mass is 28.4. The molecular weight excluding hydrogens is 945 g/mol. The molecule has 0 radical (unpaired) electrons. The van der Waals surface area contributed by atoms with Gasteiger partial charge in [0.15, 0.2) is 8.32 Å². The predicted octanol–water partition coefficient (Wildman–Crippen LogP) is 13.1. The van der Waals surface area contributed by atoms with Crippen LogP contribution in [0.5, 0.6) is 11.5 Å². The number of aliphatic hydroxyl groups excluding tert-OH is 1. The lowest BCUT2D eigenvalue weighted by molar-refractivity contribution is -0.137. The summed E-state index contributed by atoms with van der Waals surface area (Å²) in [5.74, 6) is -1.09. The van der Waals surface area contributed by atoms with Gasteiger partial charge in [0, 0.05) is 37.8 Å². The van der Waals surface area contributed by atoms with Crippen molar-refractivity contribution in [2.24, 2.45) is 11.8 Å². The number of aryl methyl sites for hydroxylation is 2. The maximum atomic E-state index is 14.1. The van der Waals surface area contributed by atoms with E-state index in [4.69, 9.17) is 27.8 Å². The van der Waals surface area contributed by atoms with Crippen molar-refractivity contribution in [3.05, 3.63) is 108 Å². The number of esters is 4. The van der Waals surface area contributed by atoms with Gasteiger partial charge in [-0.25, -0.2) is 19.2 Å². The summed E-state index contributed by atoms with van der Waals surface area (Å²) in [5.41, 5.74) is 2.43. The first-order valence-corrected chi connectivity index (χ1v) is 31.8. The van der Waals surface area contributed by atoms with Crippen molar-refractivity contribution >= 4 is 40.5 Å². The number of rotatable bonds is 14. The zero-order chi connectivity index (χ0) is 53.9. The Morgan fingerprint density at radius 1 is 0.694 bits per heavy atom. The van der Waals surface area contributed by atoms with Gasteiger partial charge in [-0.05, 0) is 110 Å². The Balaban J connectivity index is 0.000000410. The van der Waals surface area contributed by atoms with Crippen molar-refractivity contribution in [3.63, 3.8) is 0 Å². The molecule has 0 aliphatic carbocycles. The number of hydrogen-bond acceptors (Lipinski definition) is 12. The Labute approximate surface area is 433 Å². The standard InChI is InChI=1S/C35H58O6Si2.C23H30O6/c1-13-24-38-31(36)23-17-21-28-25-30(41-43(11,12)35(6,7)8)26(2)18-14-15-19-27-20-16-22-29(32(27)33(37)39-28)40-42(9,10)34(3,4)5;1-3-14-28-21(26)13-7-11-18-15-20(25)16(2)8-4-5-9-17-10-6-12-19(24)22(17)23(27)29-18/h13,16-17,20,22-23,26,28,30H,1,14-15,18-19,21,24-25H2,2-12H3;3,6-7,10,12-13,16,18,20,24-25H,1,4-5,8-9,11,14-15H2,2H3/b23-17+;13-7+/t26-,28-,30+;16-,18-,20+/m00/s1. The second-order valence-electron chi connectivity index (χ2n) is 22.5. The van der Waals surface area contributed by atoms with Crippen molar-refractivity contribution in [2.75, 3.05) is 13.2 Å². The van der Waals surface area contributed by atoms with Crippen LogP contribution in [-0.2, 0) is 45.8 Å². The molecule has 2 N–H and O–H groups in total. The van der Waals surface area contributed by atoms with E-state index in [2.05, 4.69) is 87.8 Å². The van der Waals surface area contributed by atoms with Gasteiger partial charge in [-0.3, -0.25) is 0 Å². The molecule has 0 spiro atoms. The maximum Gasteiger partial charge on any atom is 0.342 e. The molecule has 0 fully saturated rings. The van der Waals surface area contributed by atoms with Crippen molar-refractivity contribution in [1.82, 2.24) is 0 Å². The van der Waals surface area contributed by atoms with Gasteiger partial charge in [0.05, 0.1) is 12.2 Å². The fraction of sp³-hybridized carbons (Fsp3) is 0.586. The Hall–Kier alpha value is -4.77. The van der Waals surface area contributed by atoms with E-state index in [1.165, 1.54) is 30.4 Å². The summed E-state index contributed by atoms with van der Waals surface area (Å²) in [6.45, 7) is 33.8. The summed E-state index contributed by atoms with van der Waals surface area (Å²) in [4.78, 5) is 50.6. The number of carbonyl (C=O) groups excluding carboxylic acids is 4. The van der Waals surface area contributed by atoms with Gasteiger partial charge in [0.2, 0.25) is 0 Å². The third-order valence-electron chi connectivity index (χ3n) is 14.6. The Morgan fingerprint density at radius 2 is 1.17 bits per heavy atom. The summed E-state index contributed by atoms with van der Waals surface area (Å²) >= 11 is 0. The van der Waals surface area contributed by atoms with E-state index >= 15 is 0 Å². The molecule has 4 rings (SSSR count). The number of benzene rings is 2. The molecule has 72 heavy (non-hydrogen) atoms. The number of cyclic esters (lactones) is 2. The summed E-state index contributed by atoms with van der Waals surface area (Å²) < 4.78 is 35.7. The number of fused-ring (bicyclic) bond motifs is 2. The maximum absolute atomic E-state index is 14.1. The lowest BCUT2D eigenvalue weighted by atomic mass is 9.91. The monoisotopic (exact) mass is 1030 g/mol. The Kier molecular flexibility index (Phi) is 24.5. The summed E-state index contributed by atoms with van der Waals surface area (Å²) in [6, 6.07) is 10.9. The average molecular weight is 1030 g/mol. The zero-order valence-electron chi connectivity index (χ0n) is 45.7. The van der Waals surface area contributed by atoms with Crippen LogP contribution in [0.2, 0.25) is 36.3 Å². The molecule has 0 saturated heterocycles. The van der Waals surface area contributed by atoms with E-state index in [1.807, 2.05) is 31.2 Å². The van der Waals surface area contributed by atoms with E-state index < -0.39 is 52.9 Å². The highest BCUT2D eigenvalue weighted by Gasteiger charge is 2.42. The highest BCUT2D eigenvalue weighted by molar-refractivity contribution is 6.75. The van der Waals surface area contributed by atoms with Crippen LogP contribution in [-0.4, -0.2) is 88.4 Å². The average Bonchev–Trinajstić information content (AvgIpc) is 3.28. The third-order valence-corrected chi connectivity index (χ3v) is 23.5. The van der Waals surface area contributed by atoms with Crippen LogP contribution >= 0.6 is 0 Å². The number of aromatic hydroxyl groups is 1. The molecule has 12 nitrogen and oxygen atoms in total. The van der Waals surface area contributed by atoms with Crippen LogP contribution in [0, 0.1) is 11.8 Å². The molecule has 400 valence electrons. The summed E-state index contributed by atoms with van der Waals surface area (Å²) in [7, 11) is -4.33. The molecule has 2 aliphatic heterocycles. The minimum absolute atomic E-state index is 0.0248. The molecule has 0 amide bonds. The normalized spacial score (nSPS) is 22.1. The topological polar surface area (TPSA) is 164 Å². The van der Waals surface area contributed by atoms with Gasteiger partial charge in [-0.1, -0.05) is 130 Å². The number of aliphatic hydroxyl groups is 1. The van der Waals surface area contributed by atoms with Crippen molar-refractivity contribution in [3.8, 4) is 11.5 Å². The minimum Gasteiger partial charge on any atom is -0.543 e. The number of carbonyl (C=O) groups is 4. The first kappa shape index (κ1) is 61.5. The minimum atomic E-state index is -2.22. The Bertz CT molecular complexity index is 2160. The SMILES string of the molecule is C=CCOC(=O)/C=C/C[C@H]1C[C@@H](O)[C@@H](C)CCCCc2cccc(O)c2C(=O)O1.C=CCOC(=O)/C=C/C[C@H]1C[C@@H](O[Si](C)(C)C(C)(C)C)[C@@H](C)CCCCc2cccc(O[Si](C)(C)C(C)(C)C)c2C(=O)O1. The van der Waals surface area contributed by atoms with Crippen LogP contribution in [0.25, 0.3) is 0 Å². The third kappa shape index (κ3) is 19.6. The van der Waals surface area contributed by atoms with Gasteiger partial charge in [-0.15, -0.1) is 0 Å². The van der Waals surface area contributed by atoms with Crippen LogP contribution in [0.1, 0.15) is 151 Å². The quantitative estimate of drug-likeness (QED) is 0.0606. The lowest BCUT2D eigenvalue weighted by Crippen LogP contribution is -2.46. The number of hydrogen-bond donors (Lipinski definition) is 2. The number of phenolic OH excluding ortho intramolecular Hbond substituents is 1. The molecule has 2 aromatic carbocycles. The van der Waals surface area contributed by atoms with E-state index in [0.29, 0.717) is 36.5 Å². The molecule has 6 atom stereocenters. The van der Waals surface area contributed by atoms with Gasteiger partial charge in [-0.2, -0.15) is 0 Å². The lowest BCUT2D eigenvalue weighted by Gasteiger charge is -2.42. The Morgan fingerprint density at radius 3 is 1.68 bits per heavy atom. The van der Waals surface area contributed by atoms with Gasteiger partial charge < -0.3 is 38.0 Å².